The molecule has 0 aliphatic carbocycles. The van der Waals surface area contributed by atoms with Crippen molar-refractivity contribution in [1.82, 2.24) is 14.5 Å². The average Bonchev–Trinajstić information content (AvgIpc) is 3.43. The number of carbonyl (C=O) groups is 1. The van der Waals surface area contributed by atoms with Gasteiger partial charge in [-0.1, -0.05) is 12.1 Å². The summed E-state index contributed by atoms with van der Waals surface area (Å²) in [6.07, 6.45) is 7.24. The van der Waals surface area contributed by atoms with E-state index in [-0.39, 0.29) is 11.9 Å². The van der Waals surface area contributed by atoms with Crippen LogP contribution in [0.5, 0.6) is 5.75 Å². The highest BCUT2D eigenvalue weighted by Crippen LogP contribution is 2.34. The highest BCUT2D eigenvalue weighted by molar-refractivity contribution is 5.92. The maximum atomic E-state index is 13.0. The topological polar surface area (TPSA) is 60.5 Å². The number of rotatable bonds is 5. The Morgan fingerprint density at radius 2 is 2.27 bits per heavy atom. The van der Waals surface area contributed by atoms with Gasteiger partial charge in [-0.15, -0.1) is 0 Å². The Kier molecular flexibility index (Phi) is 4.48. The summed E-state index contributed by atoms with van der Waals surface area (Å²) in [6, 6.07) is 11.6. The van der Waals surface area contributed by atoms with Crippen molar-refractivity contribution in [2.45, 2.75) is 25.4 Å². The van der Waals surface area contributed by atoms with E-state index in [0.29, 0.717) is 12.3 Å². The minimum atomic E-state index is -0.0628. The van der Waals surface area contributed by atoms with Crippen molar-refractivity contribution < 1.29 is 13.9 Å². The van der Waals surface area contributed by atoms with Gasteiger partial charge in [0.25, 0.3) is 5.91 Å². The first-order valence-electron chi connectivity index (χ1n) is 8.74. The second-order valence-electron chi connectivity index (χ2n) is 6.43. The van der Waals surface area contributed by atoms with Crippen LogP contribution in [0, 0.1) is 0 Å². The smallest absolute Gasteiger partial charge is 0.290 e. The molecule has 6 nitrogen and oxygen atoms in total. The maximum Gasteiger partial charge on any atom is 0.290 e. The second kappa shape index (κ2) is 7.07. The minimum absolute atomic E-state index is 0.0554. The molecule has 0 unspecified atom stereocenters. The molecule has 0 spiro atoms. The van der Waals surface area contributed by atoms with Gasteiger partial charge in [-0.25, -0.2) is 4.98 Å². The lowest BCUT2D eigenvalue weighted by Crippen LogP contribution is -2.30. The molecule has 26 heavy (non-hydrogen) atoms. The summed E-state index contributed by atoms with van der Waals surface area (Å²) < 4.78 is 13.0. The summed E-state index contributed by atoms with van der Waals surface area (Å²) in [6.45, 7) is 1.30. The van der Waals surface area contributed by atoms with Crippen molar-refractivity contribution in [3.63, 3.8) is 0 Å². The fraction of sp³-hybridized carbons (Fsp3) is 0.300. The molecule has 1 saturated heterocycles. The second-order valence-corrected chi connectivity index (χ2v) is 6.43. The van der Waals surface area contributed by atoms with E-state index in [2.05, 4.69) is 4.98 Å². The normalized spacial score (nSPS) is 16.8. The van der Waals surface area contributed by atoms with E-state index in [0.717, 1.165) is 36.5 Å². The van der Waals surface area contributed by atoms with Gasteiger partial charge < -0.3 is 18.6 Å². The lowest BCUT2D eigenvalue weighted by atomic mass is 10.0. The largest absolute Gasteiger partial charge is 0.497 e. The van der Waals surface area contributed by atoms with Crippen LogP contribution in [-0.2, 0) is 6.54 Å². The van der Waals surface area contributed by atoms with Crippen LogP contribution in [0.25, 0.3) is 0 Å². The highest BCUT2D eigenvalue weighted by atomic mass is 16.5. The quantitative estimate of drug-likeness (QED) is 0.706. The number of amides is 1. The van der Waals surface area contributed by atoms with Crippen LogP contribution >= 0.6 is 0 Å². The van der Waals surface area contributed by atoms with Gasteiger partial charge in [0.05, 0.1) is 26.0 Å². The molecule has 0 N–H and O–H groups in total. The van der Waals surface area contributed by atoms with Crippen molar-refractivity contribution in [3.8, 4) is 5.75 Å². The van der Waals surface area contributed by atoms with Crippen LogP contribution in [0.1, 0.15) is 40.8 Å². The predicted octanol–water partition coefficient (Wildman–Crippen LogP) is 3.51. The van der Waals surface area contributed by atoms with E-state index in [1.807, 2.05) is 46.0 Å². The number of furan rings is 1. The summed E-state index contributed by atoms with van der Waals surface area (Å²) in [7, 11) is 1.65. The van der Waals surface area contributed by atoms with Crippen molar-refractivity contribution in [2.75, 3.05) is 13.7 Å². The zero-order valence-electron chi connectivity index (χ0n) is 14.7. The van der Waals surface area contributed by atoms with E-state index < -0.39 is 0 Å². The van der Waals surface area contributed by atoms with Gasteiger partial charge in [-0.2, -0.15) is 0 Å². The van der Waals surface area contributed by atoms with Crippen molar-refractivity contribution in [1.29, 1.82) is 0 Å². The minimum Gasteiger partial charge on any atom is -0.497 e. The van der Waals surface area contributed by atoms with Gasteiger partial charge in [0.15, 0.2) is 5.76 Å². The van der Waals surface area contributed by atoms with Crippen molar-refractivity contribution in [2.24, 2.45) is 0 Å². The zero-order valence-corrected chi connectivity index (χ0v) is 14.7. The van der Waals surface area contributed by atoms with Crippen LogP contribution in [-0.4, -0.2) is 34.0 Å². The summed E-state index contributed by atoms with van der Waals surface area (Å²) in [4.78, 5) is 18.9. The fourth-order valence-corrected chi connectivity index (χ4v) is 3.48. The van der Waals surface area contributed by atoms with Gasteiger partial charge >= 0.3 is 0 Å². The summed E-state index contributed by atoms with van der Waals surface area (Å²) in [5.41, 5.74) is 1.10. The molecule has 4 rings (SSSR count). The van der Waals surface area contributed by atoms with E-state index in [4.69, 9.17) is 9.15 Å². The molecule has 1 aliphatic heterocycles. The Morgan fingerprint density at radius 3 is 3.08 bits per heavy atom. The Morgan fingerprint density at radius 1 is 1.35 bits per heavy atom. The predicted molar refractivity (Wildman–Crippen MR) is 96.0 cm³/mol. The van der Waals surface area contributed by atoms with Crippen molar-refractivity contribution >= 4 is 5.91 Å². The van der Waals surface area contributed by atoms with Crippen LogP contribution in [0.3, 0.4) is 0 Å². The zero-order chi connectivity index (χ0) is 17.9. The first-order valence-corrected chi connectivity index (χ1v) is 8.74. The van der Waals surface area contributed by atoms with Crippen LogP contribution in [0.2, 0.25) is 0 Å². The van der Waals surface area contributed by atoms with Crippen LogP contribution in [0.4, 0.5) is 0 Å². The highest BCUT2D eigenvalue weighted by Gasteiger charge is 2.32. The van der Waals surface area contributed by atoms with Gasteiger partial charge in [0, 0.05) is 18.9 Å². The molecule has 3 heterocycles. The molecular weight excluding hydrogens is 330 g/mol. The molecule has 0 saturated carbocycles. The molecule has 1 aliphatic rings. The van der Waals surface area contributed by atoms with Crippen LogP contribution in [0.15, 0.2) is 59.5 Å². The van der Waals surface area contributed by atoms with Crippen molar-refractivity contribution in [3.05, 3.63) is 72.2 Å². The molecule has 134 valence electrons. The third-order valence-electron chi connectivity index (χ3n) is 4.76. The third kappa shape index (κ3) is 3.22. The number of hydrogen-bond acceptors (Lipinski definition) is 4. The van der Waals surface area contributed by atoms with Gasteiger partial charge in [-0.3, -0.25) is 4.79 Å². The number of carbonyl (C=O) groups excluding carboxylic acids is 1. The molecule has 1 atom stereocenters. The number of nitrogens with zero attached hydrogens (tertiary/aromatic N) is 3. The number of aromatic nitrogens is 2. The van der Waals surface area contributed by atoms with Gasteiger partial charge in [0.2, 0.25) is 0 Å². The standard InChI is InChI=1S/C20H21N3O3/c1-25-16-5-2-4-15(12-16)18-6-3-10-23(18)20(24)19-8-7-17(26-19)13-22-11-9-21-14-22/h2,4-5,7-9,11-12,14,18H,3,6,10,13H2,1H3/t18-/m0/s1. The number of likely N-dealkylation sites (tertiary alicyclic amines) is 1. The number of imidazole rings is 1. The number of benzene rings is 1. The lowest BCUT2D eigenvalue weighted by molar-refractivity contribution is 0.0701. The molecule has 1 aromatic carbocycles. The summed E-state index contributed by atoms with van der Waals surface area (Å²) in [5.74, 6) is 1.87. The van der Waals surface area contributed by atoms with E-state index in [1.165, 1.54) is 0 Å². The SMILES string of the molecule is COc1cccc([C@@H]2CCCN2C(=O)c2ccc(Cn3ccnc3)o2)c1. The van der Waals surface area contributed by atoms with Gasteiger partial charge in [0.1, 0.15) is 11.5 Å². The number of ether oxygens (including phenoxy) is 1. The first-order chi connectivity index (χ1) is 12.7. The number of methoxy groups -OCH3 is 1. The Hall–Kier alpha value is -3.02. The fourth-order valence-electron chi connectivity index (χ4n) is 3.48. The molecular formula is C20H21N3O3. The van der Waals surface area contributed by atoms with Crippen LogP contribution < -0.4 is 4.74 Å². The molecule has 0 bridgehead atoms. The van der Waals surface area contributed by atoms with E-state index >= 15 is 0 Å². The molecule has 1 fully saturated rings. The molecule has 1 amide bonds. The Labute approximate surface area is 152 Å². The Bertz CT molecular complexity index is 885. The number of hydrogen-bond donors (Lipinski definition) is 0. The van der Waals surface area contributed by atoms with E-state index in [1.54, 1.807) is 25.7 Å². The lowest BCUT2D eigenvalue weighted by Gasteiger charge is -2.24. The molecule has 3 aromatic rings. The first kappa shape index (κ1) is 16.4. The van der Waals surface area contributed by atoms with Gasteiger partial charge in [-0.05, 0) is 42.7 Å². The molecule has 2 aromatic heterocycles. The van der Waals surface area contributed by atoms with E-state index in [9.17, 15) is 4.79 Å². The monoisotopic (exact) mass is 351 g/mol. The summed E-state index contributed by atoms with van der Waals surface area (Å²) in [5, 5.41) is 0. The molecule has 0 radical (unpaired) electrons. The summed E-state index contributed by atoms with van der Waals surface area (Å²) >= 11 is 0. The third-order valence-corrected chi connectivity index (χ3v) is 4.76. The maximum absolute atomic E-state index is 13.0. The average molecular weight is 351 g/mol. The molecule has 6 heteroatoms. The Balaban J connectivity index is 1.52.